The van der Waals surface area contributed by atoms with E-state index in [1.165, 1.54) is 0 Å². The number of amides is 1. The highest BCUT2D eigenvalue weighted by Crippen LogP contribution is 2.28. The summed E-state index contributed by atoms with van der Waals surface area (Å²) < 4.78 is 16.6. The van der Waals surface area contributed by atoms with E-state index in [-0.39, 0.29) is 11.9 Å². The Morgan fingerprint density at radius 3 is 2.58 bits per heavy atom. The van der Waals surface area contributed by atoms with Gasteiger partial charge in [-0.15, -0.1) is 0 Å². The largest absolute Gasteiger partial charge is 0.493 e. The summed E-state index contributed by atoms with van der Waals surface area (Å²) in [7, 11) is 5.46. The standard InChI is InChI=1S/C20H28N2O4/c1-14(2)13-26-18-9-8-15(11-19(18)24-5)20(23)21-12-16(22(3)4)17-7-6-10-25-17/h6-11,14,16H,12-13H2,1-5H3,(H,21,23). The maximum Gasteiger partial charge on any atom is 0.251 e. The van der Waals surface area contributed by atoms with Crippen LogP contribution in [0.25, 0.3) is 0 Å². The van der Waals surface area contributed by atoms with Crippen LogP contribution >= 0.6 is 0 Å². The number of methoxy groups -OCH3 is 1. The van der Waals surface area contributed by atoms with E-state index in [9.17, 15) is 4.79 Å². The maximum atomic E-state index is 12.5. The monoisotopic (exact) mass is 360 g/mol. The molecule has 0 spiro atoms. The van der Waals surface area contributed by atoms with Crippen LogP contribution in [0.1, 0.15) is 36.0 Å². The van der Waals surface area contributed by atoms with Crippen LogP contribution < -0.4 is 14.8 Å². The molecule has 2 rings (SSSR count). The van der Waals surface area contributed by atoms with Crippen LogP contribution in [0.2, 0.25) is 0 Å². The molecule has 0 aliphatic rings. The van der Waals surface area contributed by atoms with Gasteiger partial charge in [0.05, 0.1) is 26.0 Å². The highest BCUT2D eigenvalue weighted by Gasteiger charge is 2.19. The predicted molar refractivity (Wildman–Crippen MR) is 101 cm³/mol. The zero-order chi connectivity index (χ0) is 19.1. The van der Waals surface area contributed by atoms with E-state index in [1.54, 1.807) is 31.6 Å². The number of rotatable bonds is 9. The number of carbonyl (C=O) groups excluding carboxylic acids is 1. The summed E-state index contributed by atoms with van der Waals surface area (Å²) in [5, 5.41) is 2.95. The first-order chi connectivity index (χ1) is 12.4. The summed E-state index contributed by atoms with van der Waals surface area (Å²) in [5.41, 5.74) is 0.524. The van der Waals surface area contributed by atoms with Crippen molar-refractivity contribution >= 4 is 5.91 Å². The van der Waals surface area contributed by atoms with Gasteiger partial charge in [0.2, 0.25) is 0 Å². The Balaban J connectivity index is 2.04. The molecule has 1 unspecified atom stereocenters. The average molecular weight is 360 g/mol. The van der Waals surface area contributed by atoms with Gasteiger partial charge in [-0.25, -0.2) is 0 Å². The van der Waals surface area contributed by atoms with Gasteiger partial charge in [0.1, 0.15) is 5.76 Å². The fourth-order valence-electron chi connectivity index (χ4n) is 2.49. The van der Waals surface area contributed by atoms with E-state index < -0.39 is 0 Å². The van der Waals surface area contributed by atoms with Crippen LogP contribution in [0.4, 0.5) is 0 Å². The van der Waals surface area contributed by atoms with Crippen molar-refractivity contribution in [3.8, 4) is 11.5 Å². The van der Waals surface area contributed by atoms with Crippen LogP contribution in [0.5, 0.6) is 11.5 Å². The van der Waals surface area contributed by atoms with Gasteiger partial charge < -0.3 is 19.2 Å². The minimum Gasteiger partial charge on any atom is -0.493 e. The molecule has 2 aromatic rings. The number of ether oxygens (including phenoxy) is 2. The van der Waals surface area contributed by atoms with Gasteiger partial charge in [-0.2, -0.15) is 0 Å². The minimum absolute atomic E-state index is 0.0375. The van der Waals surface area contributed by atoms with Crippen LogP contribution in [-0.4, -0.2) is 45.2 Å². The van der Waals surface area contributed by atoms with E-state index in [1.807, 2.05) is 31.1 Å². The molecule has 0 radical (unpaired) electrons. The Bertz CT molecular complexity index is 696. The molecular formula is C20H28N2O4. The lowest BCUT2D eigenvalue weighted by atomic mass is 10.1. The molecule has 1 heterocycles. The first kappa shape index (κ1) is 19.8. The molecular weight excluding hydrogens is 332 g/mol. The van der Waals surface area contributed by atoms with Crippen molar-refractivity contribution in [3.05, 3.63) is 47.9 Å². The number of likely N-dealkylation sites (N-methyl/N-ethyl adjacent to an activating group) is 1. The Labute approximate surface area is 155 Å². The van der Waals surface area contributed by atoms with Gasteiger partial charge in [-0.3, -0.25) is 9.69 Å². The van der Waals surface area contributed by atoms with Crippen molar-refractivity contribution < 1.29 is 18.7 Å². The van der Waals surface area contributed by atoms with Crippen molar-refractivity contribution in [1.29, 1.82) is 0 Å². The van der Waals surface area contributed by atoms with Crippen molar-refractivity contribution in [2.75, 3.05) is 34.4 Å². The molecule has 6 heteroatoms. The molecule has 0 bridgehead atoms. The summed E-state index contributed by atoms with van der Waals surface area (Å²) in [5.74, 6) is 2.24. The normalized spacial score (nSPS) is 12.3. The van der Waals surface area contributed by atoms with Gasteiger partial charge in [-0.05, 0) is 50.3 Å². The topological polar surface area (TPSA) is 63.9 Å². The Hall–Kier alpha value is -2.47. The van der Waals surface area contributed by atoms with Crippen molar-refractivity contribution in [1.82, 2.24) is 10.2 Å². The van der Waals surface area contributed by atoms with E-state index in [4.69, 9.17) is 13.9 Å². The quantitative estimate of drug-likeness (QED) is 0.743. The molecule has 26 heavy (non-hydrogen) atoms. The molecule has 1 amide bonds. The Kier molecular flexibility index (Phi) is 7.09. The van der Waals surface area contributed by atoms with Gasteiger partial charge >= 0.3 is 0 Å². The Morgan fingerprint density at radius 2 is 2.00 bits per heavy atom. The highest BCUT2D eigenvalue weighted by atomic mass is 16.5. The number of nitrogens with zero attached hydrogens (tertiary/aromatic N) is 1. The second-order valence-corrected chi connectivity index (χ2v) is 6.78. The summed E-state index contributed by atoms with van der Waals surface area (Å²) in [4.78, 5) is 14.5. The fourth-order valence-corrected chi connectivity index (χ4v) is 2.49. The molecule has 0 saturated carbocycles. The van der Waals surface area contributed by atoms with E-state index >= 15 is 0 Å². The van der Waals surface area contributed by atoms with Gasteiger partial charge in [0.15, 0.2) is 11.5 Å². The third-order valence-corrected chi connectivity index (χ3v) is 3.95. The van der Waals surface area contributed by atoms with E-state index in [0.717, 1.165) is 5.76 Å². The van der Waals surface area contributed by atoms with Crippen LogP contribution in [0.3, 0.4) is 0 Å². The summed E-state index contributed by atoms with van der Waals surface area (Å²) in [6.45, 7) is 5.19. The number of furan rings is 1. The second kappa shape index (κ2) is 9.29. The molecule has 1 aromatic carbocycles. The molecule has 0 aliphatic heterocycles. The summed E-state index contributed by atoms with van der Waals surface area (Å²) in [6, 6.07) is 8.92. The van der Waals surface area contributed by atoms with Crippen molar-refractivity contribution in [2.45, 2.75) is 19.9 Å². The van der Waals surface area contributed by atoms with Gasteiger partial charge in [-0.1, -0.05) is 13.8 Å². The van der Waals surface area contributed by atoms with Crippen LogP contribution in [0, 0.1) is 5.92 Å². The molecule has 142 valence electrons. The third kappa shape index (κ3) is 5.26. The summed E-state index contributed by atoms with van der Waals surface area (Å²) in [6.07, 6.45) is 1.63. The first-order valence-corrected chi connectivity index (χ1v) is 8.71. The first-order valence-electron chi connectivity index (χ1n) is 8.71. The molecule has 0 saturated heterocycles. The fraction of sp³-hybridized carbons (Fsp3) is 0.450. The van der Waals surface area contributed by atoms with Crippen molar-refractivity contribution in [3.63, 3.8) is 0 Å². The molecule has 0 aliphatic carbocycles. The number of hydrogen-bond acceptors (Lipinski definition) is 5. The zero-order valence-electron chi connectivity index (χ0n) is 16.1. The summed E-state index contributed by atoms with van der Waals surface area (Å²) >= 11 is 0. The molecule has 6 nitrogen and oxygen atoms in total. The predicted octanol–water partition coefficient (Wildman–Crippen LogP) is 3.36. The Morgan fingerprint density at radius 1 is 1.23 bits per heavy atom. The highest BCUT2D eigenvalue weighted by molar-refractivity contribution is 5.94. The van der Waals surface area contributed by atoms with E-state index in [0.29, 0.717) is 36.1 Å². The lowest BCUT2D eigenvalue weighted by Crippen LogP contribution is -2.34. The smallest absolute Gasteiger partial charge is 0.251 e. The average Bonchev–Trinajstić information content (AvgIpc) is 3.13. The van der Waals surface area contributed by atoms with Crippen LogP contribution in [0.15, 0.2) is 41.0 Å². The molecule has 1 N–H and O–H groups in total. The van der Waals surface area contributed by atoms with Crippen LogP contribution in [-0.2, 0) is 0 Å². The number of nitrogens with one attached hydrogen (secondary N) is 1. The maximum absolute atomic E-state index is 12.5. The number of carbonyl (C=O) groups is 1. The third-order valence-electron chi connectivity index (χ3n) is 3.95. The minimum atomic E-state index is -0.169. The molecule has 1 atom stereocenters. The van der Waals surface area contributed by atoms with Crippen molar-refractivity contribution in [2.24, 2.45) is 5.92 Å². The molecule has 1 aromatic heterocycles. The number of hydrogen-bond donors (Lipinski definition) is 1. The number of benzene rings is 1. The van der Waals surface area contributed by atoms with Gasteiger partial charge in [0.25, 0.3) is 5.91 Å². The second-order valence-electron chi connectivity index (χ2n) is 6.78. The SMILES string of the molecule is COc1cc(C(=O)NCC(c2ccco2)N(C)C)ccc1OCC(C)C. The van der Waals surface area contributed by atoms with E-state index in [2.05, 4.69) is 19.2 Å². The van der Waals surface area contributed by atoms with Gasteiger partial charge in [0, 0.05) is 12.1 Å². The lowest BCUT2D eigenvalue weighted by molar-refractivity contribution is 0.0938. The zero-order valence-corrected chi connectivity index (χ0v) is 16.1. The molecule has 0 fully saturated rings. The lowest BCUT2D eigenvalue weighted by Gasteiger charge is -2.22.